The number of hydrogen-bond acceptors (Lipinski definition) is 9. The number of fused-ring (bicyclic) bond motifs is 4. The van der Waals surface area contributed by atoms with Crippen molar-refractivity contribution in [3.8, 4) is 17.1 Å². The number of carbonyl (C=O) groups is 1. The van der Waals surface area contributed by atoms with Crippen LogP contribution in [0.5, 0.6) is 5.88 Å². The van der Waals surface area contributed by atoms with E-state index in [0.717, 1.165) is 41.2 Å². The molecular weight excluding hydrogens is 675 g/mol. The zero-order valence-corrected chi connectivity index (χ0v) is 31.4. The Morgan fingerprint density at radius 2 is 1.77 bits per heavy atom. The van der Waals surface area contributed by atoms with E-state index in [4.69, 9.17) is 14.7 Å². The molecule has 1 spiro atoms. The standard InChI is InChI=1S/C40H47N7O4S.H2/c1-24(2)18-28-23-51-35-20-32(36-25(3)8-6-9-26(36)4)42-39(44-35)45-52(49,50)30-11-7-10-27(19-30)38(48)47(28)33-13-12-31(33)37-41-17-14-34(43-37)46(5)29-21-40(22-29)15-16-40;/h6-11,14,17,19-20,24,28-29,31,33H,12-13,15-16,18,21-23H2,1-5H3,(H,42,44,45);1H/t28-,31?,33?;/m1./s1. The molecule has 4 bridgehead atoms. The molecule has 3 saturated carbocycles. The van der Waals surface area contributed by atoms with Crippen molar-refractivity contribution in [2.24, 2.45) is 11.3 Å². The van der Waals surface area contributed by atoms with Gasteiger partial charge in [0.15, 0.2) is 0 Å². The van der Waals surface area contributed by atoms with Gasteiger partial charge in [-0.3, -0.25) is 4.79 Å². The molecule has 274 valence electrons. The molecule has 1 amide bonds. The summed E-state index contributed by atoms with van der Waals surface area (Å²) in [6, 6.07) is 15.9. The fourth-order valence-corrected chi connectivity index (χ4v) is 9.42. The van der Waals surface area contributed by atoms with Crippen molar-refractivity contribution < 1.29 is 19.4 Å². The van der Waals surface area contributed by atoms with Crippen LogP contribution in [-0.4, -0.2) is 70.9 Å². The molecule has 0 radical (unpaired) electrons. The van der Waals surface area contributed by atoms with Gasteiger partial charge in [-0.05, 0) is 106 Å². The summed E-state index contributed by atoms with van der Waals surface area (Å²) in [5.74, 6) is 1.70. The fraction of sp³-hybridized carbons (Fsp3) is 0.475. The maximum absolute atomic E-state index is 14.8. The summed E-state index contributed by atoms with van der Waals surface area (Å²) in [6.45, 7) is 8.42. The van der Waals surface area contributed by atoms with Crippen LogP contribution < -0.4 is 14.4 Å². The lowest BCUT2D eigenvalue weighted by atomic mass is 9.76. The van der Waals surface area contributed by atoms with Gasteiger partial charge >= 0.3 is 0 Å². The van der Waals surface area contributed by atoms with Crippen LogP contribution in [0.3, 0.4) is 0 Å². The quantitative estimate of drug-likeness (QED) is 0.211. The molecule has 11 nitrogen and oxygen atoms in total. The Bertz CT molecular complexity index is 2110. The third-order valence-corrected chi connectivity index (χ3v) is 13.0. The zero-order valence-electron chi connectivity index (χ0n) is 30.5. The van der Waals surface area contributed by atoms with E-state index in [1.54, 1.807) is 18.2 Å². The molecule has 52 heavy (non-hydrogen) atoms. The fourth-order valence-electron chi connectivity index (χ4n) is 8.43. The summed E-state index contributed by atoms with van der Waals surface area (Å²) in [7, 11) is -2.04. The van der Waals surface area contributed by atoms with Gasteiger partial charge in [0.25, 0.3) is 15.9 Å². The second-order valence-corrected chi connectivity index (χ2v) is 17.5. The number of sulfonamides is 1. The zero-order chi connectivity index (χ0) is 36.4. The van der Waals surface area contributed by atoms with Gasteiger partial charge in [0, 0.05) is 49.9 Å². The topological polar surface area (TPSA) is 131 Å². The van der Waals surface area contributed by atoms with Crippen molar-refractivity contribution in [2.75, 3.05) is 23.3 Å². The van der Waals surface area contributed by atoms with E-state index in [0.29, 0.717) is 29.1 Å². The molecule has 2 aromatic heterocycles. The molecule has 4 aliphatic rings. The van der Waals surface area contributed by atoms with Gasteiger partial charge in [0.2, 0.25) is 11.8 Å². The number of nitrogens with zero attached hydrogens (tertiary/aromatic N) is 6. The number of aryl methyl sites for hydroxylation is 2. The van der Waals surface area contributed by atoms with Crippen LogP contribution in [0.4, 0.5) is 11.8 Å². The molecule has 0 saturated heterocycles. The second kappa shape index (κ2) is 13.1. The average molecular weight is 724 g/mol. The van der Waals surface area contributed by atoms with E-state index >= 15 is 0 Å². The normalized spacial score (nSPS) is 23.3. The Hall–Kier alpha value is -4.58. The van der Waals surface area contributed by atoms with Crippen molar-refractivity contribution in [2.45, 2.75) is 102 Å². The van der Waals surface area contributed by atoms with Gasteiger partial charge in [-0.15, -0.1) is 0 Å². The monoisotopic (exact) mass is 723 g/mol. The van der Waals surface area contributed by atoms with Crippen LogP contribution in [0.2, 0.25) is 0 Å². The van der Waals surface area contributed by atoms with Crippen LogP contribution in [-0.2, 0) is 10.0 Å². The number of benzene rings is 2. The van der Waals surface area contributed by atoms with Crippen LogP contribution in [0.25, 0.3) is 11.3 Å². The first-order chi connectivity index (χ1) is 24.9. The Labute approximate surface area is 307 Å². The minimum atomic E-state index is -4.16. The predicted molar refractivity (Wildman–Crippen MR) is 202 cm³/mol. The Morgan fingerprint density at radius 3 is 2.46 bits per heavy atom. The number of hydrogen-bond donors (Lipinski definition) is 1. The number of carbonyl (C=O) groups excluding carboxylic acids is 1. The minimum Gasteiger partial charge on any atom is -0.475 e. The highest BCUT2D eigenvalue weighted by molar-refractivity contribution is 7.92. The third kappa shape index (κ3) is 6.50. The molecule has 4 aromatic rings. The highest BCUT2D eigenvalue weighted by atomic mass is 32.2. The second-order valence-electron chi connectivity index (χ2n) is 15.8. The lowest BCUT2D eigenvalue weighted by Crippen LogP contribution is -2.56. The molecular formula is C40H49N7O4S. The maximum Gasteiger partial charge on any atom is 0.264 e. The van der Waals surface area contributed by atoms with Gasteiger partial charge in [0.1, 0.15) is 18.2 Å². The number of anilines is 2. The molecule has 3 fully saturated rings. The lowest BCUT2D eigenvalue weighted by molar-refractivity contribution is 0.0204. The number of nitrogens with one attached hydrogen (secondary N) is 1. The summed E-state index contributed by atoms with van der Waals surface area (Å²) in [5, 5.41) is 0. The van der Waals surface area contributed by atoms with Crippen molar-refractivity contribution in [1.82, 2.24) is 24.8 Å². The van der Waals surface area contributed by atoms with Gasteiger partial charge in [-0.2, -0.15) is 4.98 Å². The first kappa shape index (κ1) is 34.5. The number of rotatable bonds is 7. The van der Waals surface area contributed by atoms with Crippen LogP contribution in [0, 0.1) is 25.2 Å². The number of aromatic nitrogens is 4. The first-order valence-electron chi connectivity index (χ1n) is 18.5. The van der Waals surface area contributed by atoms with Gasteiger partial charge in [0.05, 0.1) is 16.6 Å². The highest BCUT2D eigenvalue weighted by Gasteiger charge is 2.54. The van der Waals surface area contributed by atoms with E-state index < -0.39 is 10.0 Å². The van der Waals surface area contributed by atoms with Crippen molar-refractivity contribution >= 4 is 27.7 Å². The van der Waals surface area contributed by atoms with Crippen molar-refractivity contribution in [1.29, 1.82) is 0 Å². The van der Waals surface area contributed by atoms with E-state index in [-0.39, 0.29) is 54.6 Å². The van der Waals surface area contributed by atoms with Gasteiger partial charge in [-0.1, -0.05) is 38.1 Å². The summed E-state index contributed by atoms with van der Waals surface area (Å²) in [4.78, 5) is 38.0. The molecule has 12 heteroatoms. The van der Waals surface area contributed by atoms with Gasteiger partial charge < -0.3 is 14.5 Å². The smallest absolute Gasteiger partial charge is 0.264 e. The maximum atomic E-state index is 14.8. The third-order valence-electron chi connectivity index (χ3n) is 11.6. The lowest BCUT2D eigenvalue weighted by Gasteiger charge is -2.47. The Kier molecular flexibility index (Phi) is 8.71. The van der Waals surface area contributed by atoms with E-state index in [2.05, 4.69) is 40.5 Å². The first-order valence-corrected chi connectivity index (χ1v) is 20.0. The molecule has 1 N–H and O–H groups in total. The van der Waals surface area contributed by atoms with Crippen molar-refractivity contribution in [3.63, 3.8) is 0 Å². The van der Waals surface area contributed by atoms with Gasteiger partial charge in [-0.25, -0.2) is 28.1 Å². The highest BCUT2D eigenvalue weighted by Crippen LogP contribution is 2.62. The predicted octanol–water partition coefficient (Wildman–Crippen LogP) is 7.17. The Morgan fingerprint density at radius 1 is 1.02 bits per heavy atom. The molecule has 2 unspecified atom stereocenters. The summed E-state index contributed by atoms with van der Waals surface area (Å²) in [5.41, 5.74) is 4.29. The average Bonchev–Trinajstić information content (AvgIpc) is 3.88. The molecule has 1 aliphatic heterocycles. The molecule has 3 aliphatic carbocycles. The summed E-state index contributed by atoms with van der Waals surface area (Å²) >= 11 is 0. The summed E-state index contributed by atoms with van der Waals surface area (Å²) < 4.78 is 36.7. The Balaban J connectivity index is 0.00000435. The number of amides is 1. The number of ether oxygens (including phenoxy) is 1. The largest absolute Gasteiger partial charge is 0.475 e. The van der Waals surface area contributed by atoms with E-state index in [1.165, 1.54) is 37.8 Å². The SMILES string of the molecule is Cc1cccc(C)c1-c1cc2nc(n1)NS(=O)(=O)c1cccc(c1)C(=O)N(C1CCC1c1nccc(N(C)C3CC4(CC4)C3)n1)[C@H](CC(C)C)CO2.[HH]. The summed E-state index contributed by atoms with van der Waals surface area (Å²) in [6.07, 6.45) is 9.25. The molecule has 3 heterocycles. The van der Waals surface area contributed by atoms with Crippen LogP contribution >= 0.6 is 0 Å². The molecule has 8 rings (SSSR count). The van der Waals surface area contributed by atoms with Crippen molar-refractivity contribution in [3.05, 3.63) is 83.3 Å². The van der Waals surface area contributed by atoms with Crippen LogP contribution in [0.1, 0.15) is 93.4 Å². The van der Waals surface area contributed by atoms with E-state index in [9.17, 15) is 13.2 Å². The minimum absolute atomic E-state index is 0. The van der Waals surface area contributed by atoms with E-state index in [1.807, 2.05) is 49.2 Å². The van der Waals surface area contributed by atoms with Crippen LogP contribution in [0.15, 0.2) is 65.7 Å². The molecule has 3 atom stereocenters. The molecule has 2 aromatic carbocycles.